The monoisotopic (exact) mass is 370 g/mol. The molecule has 0 amide bonds. The van der Waals surface area contributed by atoms with Gasteiger partial charge in [-0.1, -0.05) is 30.3 Å². The molecule has 26 heavy (non-hydrogen) atoms. The van der Waals surface area contributed by atoms with Crippen LogP contribution in [0, 0.1) is 0 Å². The summed E-state index contributed by atoms with van der Waals surface area (Å²) in [5.74, 6) is 0. The quantitative estimate of drug-likeness (QED) is 0.887. The van der Waals surface area contributed by atoms with E-state index in [-0.39, 0.29) is 11.6 Å². The van der Waals surface area contributed by atoms with Crippen LogP contribution in [0.2, 0.25) is 0 Å². The Bertz CT molecular complexity index is 732. The molecule has 2 atom stereocenters. The molecule has 138 valence electrons. The Balaban J connectivity index is 1.30. The molecule has 2 unspecified atom stereocenters. The number of likely N-dealkylation sites (tertiary alicyclic amines) is 1. The van der Waals surface area contributed by atoms with Crippen molar-refractivity contribution in [3.8, 4) is 0 Å². The molecule has 3 aliphatic heterocycles. The summed E-state index contributed by atoms with van der Waals surface area (Å²) in [4.78, 5) is 12.2. The Morgan fingerprint density at radius 3 is 2.65 bits per heavy atom. The molecule has 3 aliphatic rings. The molecule has 1 aromatic carbocycles. The van der Waals surface area contributed by atoms with Gasteiger partial charge in [-0.3, -0.25) is 14.7 Å². The summed E-state index contributed by atoms with van der Waals surface area (Å²) in [6.45, 7) is 7.14. The molecule has 3 fully saturated rings. The molecule has 3 saturated heterocycles. The number of aromatic nitrogens is 1. The fourth-order valence-corrected chi connectivity index (χ4v) is 5.84. The summed E-state index contributed by atoms with van der Waals surface area (Å²) in [6.07, 6.45) is 2.64. The number of β-amino-alcohol motifs (C(OH)–C–C–N with tert-alkyl or cyclic N) is 1. The first-order chi connectivity index (χ1) is 12.7. The summed E-state index contributed by atoms with van der Waals surface area (Å²) in [6, 6.07) is 11.3. The van der Waals surface area contributed by atoms with Gasteiger partial charge in [-0.25, -0.2) is 4.98 Å². The molecule has 5 nitrogen and oxygen atoms in total. The number of piperazine rings is 1. The molecule has 1 N–H and O–H groups in total. The molecule has 6 heteroatoms. The number of thiazole rings is 1. The maximum absolute atomic E-state index is 10.3. The number of aliphatic hydroxyl groups excluding tert-OH is 1. The molecule has 0 saturated carbocycles. The standard InChI is InChI=1S/C20H26N4OS/c25-18-8-17-10-22(9-16-4-2-1-3-5-16)13-20(24(17)11-18)14-23(15-20)12-19-21-6-7-26-19/h1-7,17-18,25H,8-15H2. The number of hydrogen-bond donors (Lipinski definition) is 1. The first kappa shape index (κ1) is 16.8. The van der Waals surface area contributed by atoms with Gasteiger partial charge in [0.2, 0.25) is 0 Å². The van der Waals surface area contributed by atoms with Gasteiger partial charge in [-0.15, -0.1) is 11.3 Å². The zero-order valence-electron chi connectivity index (χ0n) is 15.0. The van der Waals surface area contributed by atoms with Crippen molar-refractivity contribution in [2.45, 2.75) is 37.2 Å². The largest absolute Gasteiger partial charge is 0.392 e. The van der Waals surface area contributed by atoms with Crippen LogP contribution in [0.15, 0.2) is 41.9 Å². The van der Waals surface area contributed by atoms with Crippen molar-refractivity contribution < 1.29 is 5.11 Å². The average Bonchev–Trinajstić information content (AvgIpc) is 3.23. The minimum absolute atomic E-state index is 0.165. The highest BCUT2D eigenvalue weighted by Crippen LogP contribution is 2.39. The lowest BCUT2D eigenvalue weighted by Crippen LogP contribution is -2.77. The number of aliphatic hydroxyl groups is 1. The second kappa shape index (κ2) is 6.69. The van der Waals surface area contributed by atoms with Crippen LogP contribution in [-0.2, 0) is 13.1 Å². The van der Waals surface area contributed by atoms with Crippen LogP contribution in [0.1, 0.15) is 17.0 Å². The first-order valence-corrected chi connectivity index (χ1v) is 10.4. The number of rotatable bonds is 4. The second-order valence-electron chi connectivity index (χ2n) is 8.15. The molecule has 0 aliphatic carbocycles. The van der Waals surface area contributed by atoms with Crippen LogP contribution in [0.25, 0.3) is 0 Å². The van der Waals surface area contributed by atoms with E-state index in [0.29, 0.717) is 6.04 Å². The van der Waals surface area contributed by atoms with Crippen molar-refractivity contribution in [1.82, 2.24) is 19.7 Å². The van der Waals surface area contributed by atoms with E-state index in [2.05, 4.69) is 55.4 Å². The normalized spacial score (nSPS) is 29.0. The summed E-state index contributed by atoms with van der Waals surface area (Å²) in [5, 5.41) is 13.5. The van der Waals surface area contributed by atoms with Gasteiger partial charge in [-0.05, 0) is 12.0 Å². The van der Waals surface area contributed by atoms with Crippen LogP contribution >= 0.6 is 11.3 Å². The van der Waals surface area contributed by atoms with Gasteiger partial charge in [0.15, 0.2) is 0 Å². The number of hydrogen-bond acceptors (Lipinski definition) is 6. The van der Waals surface area contributed by atoms with Crippen LogP contribution in [0.3, 0.4) is 0 Å². The lowest BCUT2D eigenvalue weighted by atomic mass is 9.83. The molecule has 0 radical (unpaired) electrons. The second-order valence-corrected chi connectivity index (χ2v) is 9.13. The van der Waals surface area contributed by atoms with Crippen molar-refractivity contribution in [1.29, 1.82) is 0 Å². The van der Waals surface area contributed by atoms with Crippen LogP contribution in [0.4, 0.5) is 0 Å². The zero-order valence-corrected chi connectivity index (χ0v) is 15.8. The zero-order chi connectivity index (χ0) is 17.6. The van der Waals surface area contributed by atoms with Crippen molar-refractivity contribution in [3.63, 3.8) is 0 Å². The van der Waals surface area contributed by atoms with Gasteiger partial charge < -0.3 is 5.11 Å². The third-order valence-electron chi connectivity index (χ3n) is 6.12. The van der Waals surface area contributed by atoms with E-state index in [9.17, 15) is 5.11 Å². The van der Waals surface area contributed by atoms with Crippen molar-refractivity contribution >= 4 is 11.3 Å². The molecular formula is C20H26N4OS. The van der Waals surface area contributed by atoms with Crippen molar-refractivity contribution in [2.24, 2.45) is 0 Å². The SMILES string of the molecule is OC1CC2CN(Cc3ccccc3)CC3(CN(Cc4nccs4)C3)N2C1. The van der Waals surface area contributed by atoms with E-state index in [0.717, 1.165) is 52.2 Å². The molecule has 1 spiro atoms. The Morgan fingerprint density at radius 1 is 1.08 bits per heavy atom. The molecular weight excluding hydrogens is 344 g/mol. The Labute approximate surface area is 158 Å². The third-order valence-corrected chi connectivity index (χ3v) is 6.88. The fraction of sp³-hybridized carbons (Fsp3) is 0.550. The number of nitrogens with zero attached hydrogens (tertiary/aromatic N) is 4. The predicted molar refractivity (Wildman–Crippen MR) is 103 cm³/mol. The highest BCUT2D eigenvalue weighted by Gasteiger charge is 2.55. The average molecular weight is 371 g/mol. The Kier molecular flexibility index (Phi) is 4.33. The van der Waals surface area contributed by atoms with Crippen molar-refractivity contribution in [3.05, 3.63) is 52.5 Å². The van der Waals surface area contributed by atoms with E-state index >= 15 is 0 Å². The molecule has 1 aromatic heterocycles. The Morgan fingerprint density at radius 2 is 1.88 bits per heavy atom. The molecule has 5 rings (SSSR count). The Hall–Kier alpha value is -1.31. The van der Waals surface area contributed by atoms with Crippen LogP contribution in [0.5, 0.6) is 0 Å². The van der Waals surface area contributed by atoms with Gasteiger partial charge in [0.25, 0.3) is 0 Å². The van der Waals surface area contributed by atoms with E-state index in [1.807, 2.05) is 6.20 Å². The fourth-order valence-electron chi connectivity index (χ4n) is 5.18. The van der Waals surface area contributed by atoms with Gasteiger partial charge in [0, 0.05) is 56.9 Å². The van der Waals surface area contributed by atoms with Gasteiger partial charge in [0.05, 0.1) is 18.2 Å². The number of fused-ring (bicyclic) bond motifs is 2. The third kappa shape index (κ3) is 3.10. The maximum atomic E-state index is 10.3. The van der Waals surface area contributed by atoms with Gasteiger partial charge in [0.1, 0.15) is 5.01 Å². The molecule has 4 heterocycles. The van der Waals surface area contributed by atoms with Crippen LogP contribution < -0.4 is 0 Å². The maximum Gasteiger partial charge on any atom is 0.107 e. The lowest BCUT2D eigenvalue weighted by molar-refractivity contribution is -0.118. The highest BCUT2D eigenvalue weighted by atomic mass is 32.1. The van der Waals surface area contributed by atoms with E-state index in [4.69, 9.17) is 0 Å². The molecule has 0 bridgehead atoms. The summed E-state index contributed by atoms with van der Waals surface area (Å²) >= 11 is 1.74. The number of benzene rings is 1. The highest BCUT2D eigenvalue weighted by molar-refractivity contribution is 7.09. The first-order valence-electron chi connectivity index (χ1n) is 9.52. The van der Waals surface area contributed by atoms with Gasteiger partial charge in [-0.2, -0.15) is 0 Å². The van der Waals surface area contributed by atoms with E-state index in [1.165, 1.54) is 10.6 Å². The van der Waals surface area contributed by atoms with Gasteiger partial charge >= 0.3 is 0 Å². The summed E-state index contributed by atoms with van der Waals surface area (Å²) in [5.41, 5.74) is 1.58. The molecule has 2 aromatic rings. The topological polar surface area (TPSA) is 42.8 Å². The minimum atomic E-state index is -0.165. The predicted octanol–water partition coefficient (Wildman–Crippen LogP) is 1.65. The van der Waals surface area contributed by atoms with E-state index < -0.39 is 0 Å². The van der Waals surface area contributed by atoms with Crippen molar-refractivity contribution in [2.75, 3.05) is 32.7 Å². The smallest absolute Gasteiger partial charge is 0.107 e. The van der Waals surface area contributed by atoms with E-state index in [1.54, 1.807) is 11.3 Å². The van der Waals surface area contributed by atoms with Crippen LogP contribution in [-0.4, -0.2) is 75.2 Å². The lowest BCUT2D eigenvalue weighted by Gasteiger charge is -2.61. The summed E-state index contributed by atoms with van der Waals surface area (Å²) in [7, 11) is 0. The summed E-state index contributed by atoms with van der Waals surface area (Å²) < 4.78 is 0. The minimum Gasteiger partial charge on any atom is -0.392 e.